The molecule has 198 valence electrons. The molecule has 0 unspecified atom stereocenters. The van der Waals surface area contributed by atoms with E-state index in [2.05, 4.69) is 30.6 Å². The van der Waals surface area contributed by atoms with Crippen LogP contribution in [-0.4, -0.2) is 62.0 Å². The molecule has 1 fully saturated rings. The van der Waals surface area contributed by atoms with Crippen molar-refractivity contribution in [3.8, 4) is 11.5 Å². The largest absolute Gasteiger partial charge is 0.459 e. The number of hydrogen-bond acceptors (Lipinski definition) is 9. The molecule has 1 aliphatic rings. The molecule has 0 spiro atoms. The number of carbonyl (C=O) groups excluding carboxylic acids is 1. The highest BCUT2D eigenvalue weighted by molar-refractivity contribution is 7.91. The predicted octanol–water partition coefficient (Wildman–Crippen LogP) is 2.54. The van der Waals surface area contributed by atoms with Crippen LogP contribution in [0.25, 0.3) is 22.7 Å². The molecule has 0 aliphatic heterocycles. The minimum absolute atomic E-state index is 0.0575. The number of fused-ring (bicyclic) bond motifs is 1. The number of alkyl halides is 5. The molecule has 17 heteroatoms. The lowest BCUT2D eigenvalue weighted by molar-refractivity contribution is -0.291. The van der Waals surface area contributed by atoms with Crippen molar-refractivity contribution in [1.82, 2.24) is 30.0 Å². The average molecular weight is 547 g/mol. The number of carbonyl (C=O) groups is 1. The van der Waals surface area contributed by atoms with E-state index in [0.717, 1.165) is 16.8 Å². The molecule has 1 aliphatic carbocycles. The first-order valence-corrected chi connectivity index (χ1v) is 12.3. The number of aryl methyl sites for hydroxylation is 1. The maximum Gasteiger partial charge on any atom is 0.459 e. The standard InChI is InChI=1S/C20H18F5N7O4S/c1-3-37(35,36)12-6-10(15(31-34)28-18(33)9-4-5-9)8-26-14(12)17-27-11-7-13(19(21,22)20(23,24)25)29-30-16(11)32(17)2/h6-9,34H,3-5H2,1-2H3,(H,28,31,33). The summed E-state index contributed by atoms with van der Waals surface area (Å²) in [7, 11) is -2.73. The maximum absolute atomic E-state index is 13.8. The summed E-state index contributed by atoms with van der Waals surface area (Å²) in [4.78, 5) is 19.8. The van der Waals surface area contributed by atoms with Crippen LogP contribution in [0.1, 0.15) is 31.0 Å². The Morgan fingerprint density at radius 2 is 1.89 bits per heavy atom. The second kappa shape index (κ2) is 8.97. The van der Waals surface area contributed by atoms with Crippen molar-refractivity contribution in [1.29, 1.82) is 0 Å². The van der Waals surface area contributed by atoms with E-state index in [4.69, 9.17) is 0 Å². The van der Waals surface area contributed by atoms with Crippen molar-refractivity contribution in [2.45, 2.75) is 36.8 Å². The number of imidazole rings is 1. The number of rotatable bonds is 6. The van der Waals surface area contributed by atoms with Gasteiger partial charge in [-0.2, -0.15) is 22.0 Å². The number of nitrogens with one attached hydrogen (secondary N) is 1. The Bertz CT molecular complexity index is 1530. The first-order valence-electron chi connectivity index (χ1n) is 10.6. The van der Waals surface area contributed by atoms with Gasteiger partial charge in [0.15, 0.2) is 27.1 Å². The molecule has 0 radical (unpaired) electrons. The zero-order valence-electron chi connectivity index (χ0n) is 19.1. The van der Waals surface area contributed by atoms with Crippen molar-refractivity contribution >= 4 is 32.7 Å². The maximum atomic E-state index is 13.8. The number of halogens is 5. The fourth-order valence-corrected chi connectivity index (χ4v) is 4.41. The van der Waals surface area contributed by atoms with Gasteiger partial charge >= 0.3 is 12.1 Å². The Labute approximate surface area is 205 Å². The Balaban J connectivity index is 1.85. The van der Waals surface area contributed by atoms with Gasteiger partial charge in [-0.3, -0.25) is 9.78 Å². The van der Waals surface area contributed by atoms with Gasteiger partial charge in [0.2, 0.25) is 5.91 Å². The van der Waals surface area contributed by atoms with E-state index >= 15 is 0 Å². The molecule has 1 saturated carbocycles. The molecule has 0 saturated heterocycles. The van der Waals surface area contributed by atoms with E-state index in [1.54, 1.807) is 0 Å². The fourth-order valence-electron chi connectivity index (χ4n) is 3.35. The van der Waals surface area contributed by atoms with Crippen LogP contribution in [0.2, 0.25) is 0 Å². The second-order valence-corrected chi connectivity index (χ2v) is 10.4. The number of aromatic nitrogens is 5. The van der Waals surface area contributed by atoms with Crippen molar-refractivity contribution in [2.24, 2.45) is 18.1 Å². The number of sulfone groups is 1. The van der Waals surface area contributed by atoms with Gasteiger partial charge < -0.3 is 15.1 Å². The Kier molecular flexibility index (Phi) is 6.37. The molecule has 3 aromatic rings. The number of nitrogens with zero attached hydrogens (tertiary/aromatic N) is 6. The van der Waals surface area contributed by atoms with Gasteiger partial charge in [-0.1, -0.05) is 12.1 Å². The highest BCUT2D eigenvalue weighted by Gasteiger charge is 2.60. The third-order valence-corrected chi connectivity index (χ3v) is 7.38. The van der Waals surface area contributed by atoms with E-state index in [1.165, 1.54) is 14.0 Å². The molecule has 1 amide bonds. The summed E-state index contributed by atoms with van der Waals surface area (Å²) in [6, 6.07) is 1.49. The molecule has 2 N–H and O–H groups in total. The van der Waals surface area contributed by atoms with Gasteiger partial charge in [0, 0.05) is 24.7 Å². The van der Waals surface area contributed by atoms with E-state index in [1.807, 2.05) is 0 Å². The topological polar surface area (TPSA) is 152 Å². The minimum atomic E-state index is -5.92. The molecule has 4 rings (SSSR count). The van der Waals surface area contributed by atoms with Crippen molar-refractivity contribution < 1.29 is 40.4 Å². The Morgan fingerprint density at radius 3 is 2.46 bits per heavy atom. The monoisotopic (exact) mass is 547 g/mol. The van der Waals surface area contributed by atoms with Gasteiger partial charge in [0.05, 0.1) is 10.6 Å². The second-order valence-electron chi connectivity index (χ2n) is 8.19. The summed E-state index contributed by atoms with van der Waals surface area (Å²) in [5.74, 6) is -6.95. The lowest BCUT2D eigenvalue weighted by atomic mass is 10.2. The molecule has 37 heavy (non-hydrogen) atoms. The summed E-state index contributed by atoms with van der Waals surface area (Å²) in [6.45, 7) is 1.34. The predicted molar refractivity (Wildman–Crippen MR) is 116 cm³/mol. The number of pyridine rings is 1. The fraction of sp³-hybridized carbons (Fsp3) is 0.400. The number of oxime groups is 1. The Hall–Kier alpha value is -3.76. The van der Waals surface area contributed by atoms with Gasteiger partial charge in [-0.15, -0.1) is 10.2 Å². The van der Waals surface area contributed by atoms with Crippen LogP contribution < -0.4 is 5.32 Å². The minimum Gasteiger partial charge on any atom is -0.409 e. The summed E-state index contributed by atoms with van der Waals surface area (Å²) >= 11 is 0. The van der Waals surface area contributed by atoms with Crippen molar-refractivity contribution in [3.05, 3.63) is 29.6 Å². The summed E-state index contributed by atoms with van der Waals surface area (Å²) < 4.78 is 92.8. The van der Waals surface area contributed by atoms with Crippen molar-refractivity contribution in [2.75, 3.05) is 5.75 Å². The van der Waals surface area contributed by atoms with Gasteiger partial charge in [0.1, 0.15) is 16.9 Å². The molecule has 0 aromatic carbocycles. The van der Waals surface area contributed by atoms with Gasteiger partial charge in [0.25, 0.3) is 0 Å². The highest BCUT2D eigenvalue weighted by Crippen LogP contribution is 2.43. The zero-order valence-corrected chi connectivity index (χ0v) is 19.9. The SMILES string of the molecule is CCS(=O)(=O)c1cc(/C(=N/O)NC(=O)C2CC2)cnc1-c1nc2cc(C(F)(F)C(F)(F)F)nnc2n1C. The van der Waals surface area contributed by atoms with E-state index < -0.39 is 49.7 Å². The molecular weight excluding hydrogens is 529 g/mol. The van der Waals surface area contributed by atoms with Crippen LogP contribution in [0.3, 0.4) is 0 Å². The molecule has 3 heterocycles. The first kappa shape index (κ1) is 26.3. The average Bonchev–Trinajstić information content (AvgIpc) is 3.65. The lowest BCUT2D eigenvalue weighted by Crippen LogP contribution is -2.34. The van der Waals surface area contributed by atoms with Gasteiger partial charge in [-0.25, -0.2) is 13.4 Å². The summed E-state index contributed by atoms with van der Waals surface area (Å²) in [6.07, 6.45) is -3.53. The van der Waals surface area contributed by atoms with E-state index in [0.29, 0.717) is 18.9 Å². The van der Waals surface area contributed by atoms with Crippen LogP contribution >= 0.6 is 0 Å². The molecule has 11 nitrogen and oxygen atoms in total. The van der Waals surface area contributed by atoms with E-state index in [9.17, 15) is 40.4 Å². The summed E-state index contributed by atoms with van der Waals surface area (Å²) in [5, 5.41) is 21.2. The number of amides is 1. The quantitative estimate of drug-likeness (QED) is 0.157. The third-order valence-electron chi connectivity index (χ3n) is 5.64. The molecule has 3 aromatic heterocycles. The van der Waals surface area contributed by atoms with Crippen LogP contribution in [0, 0.1) is 5.92 Å². The third kappa shape index (κ3) is 4.70. The molecular formula is C20H18F5N7O4S. The van der Waals surface area contributed by atoms with Crippen LogP contribution in [0.15, 0.2) is 28.4 Å². The summed E-state index contributed by atoms with van der Waals surface area (Å²) in [5.41, 5.74) is -2.64. The molecule has 0 atom stereocenters. The normalized spacial score (nSPS) is 15.3. The first-order chi connectivity index (χ1) is 17.2. The number of hydrogen-bond donors (Lipinski definition) is 2. The molecule has 0 bridgehead atoms. The highest BCUT2D eigenvalue weighted by atomic mass is 32.2. The number of amidine groups is 1. The van der Waals surface area contributed by atoms with Crippen molar-refractivity contribution in [3.63, 3.8) is 0 Å². The zero-order chi connectivity index (χ0) is 27.3. The van der Waals surface area contributed by atoms with Gasteiger partial charge in [-0.05, 0) is 25.0 Å². The van der Waals surface area contributed by atoms with Crippen LogP contribution in [-0.2, 0) is 27.6 Å². The van der Waals surface area contributed by atoms with Crippen LogP contribution in [0.5, 0.6) is 0 Å². The lowest BCUT2D eigenvalue weighted by Gasteiger charge is -2.17. The Morgan fingerprint density at radius 1 is 1.22 bits per heavy atom. The smallest absolute Gasteiger partial charge is 0.409 e. The van der Waals surface area contributed by atoms with Crippen LogP contribution in [0.4, 0.5) is 22.0 Å². The van der Waals surface area contributed by atoms with E-state index in [-0.39, 0.29) is 34.5 Å².